The van der Waals surface area contributed by atoms with Gasteiger partial charge in [0.25, 0.3) is 5.91 Å². The highest BCUT2D eigenvalue weighted by molar-refractivity contribution is 6.34. The van der Waals surface area contributed by atoms with Gasteiger partial charge in [0.2, 0.25) is 12.7 Å². The Balaban J connectivity index is 1.58. The van der Waals surface area contributed by atoms with Gasteiger partial charge in [-0.3, -0.25) is 9.36 Å². The van der Waals surface area contributed by atoms with Crippen LogP contribution in [0.25, 0.3) is 5.95 Å². The van der Waals surface area contributed by atoms with Crippen LogP contribution in [0.2, 0.25) is 5.02 Å². The number of carbonyl (C=O) groups is 1. The highest BCUT2D eigenvalue weighted by Crippen LogP contribution is 2.38. The number of aryl methyl sites for hydroxylation is 2. The van der Waals surface area contributed by atoms with Crippen molar-refractivity contribution in [3.63, 3.8) is 0 Å². The Hall–Kier alpha value is -4.11. The molecule has 0 saturated carbocycles. The molecule has 3 heterocycles. The Morgan fingerprint density at radius 1 is 1.17 bits per heavy atom. The van der Waals surface area contributed by atoms with Gasteiger partial charge < -0.3 is 19.7 Å². The van der Waals surface area contributed by atoms with Crippen LogP contribution in [0.3, 0.4) is 0 Å². The molecule has 5 rings (SSSR count). The van der Waals surface area contributed by atoms with Crippen molar-refractivity contribution in [2.24, 2.45) is 0 Å². The molecular weight excluding hydrogens is 468 g/mol. The lowest BCUT2D eigenvalue weighted by Gasteiger charge is -2.22. The van der Waals surface area contributed by atoms with Crippen LogP contribution in [-0.4, -0.2) is 39.3 Å². The summed E-state index contributed by atoms with van der Waals surface area (Å²) in [5.74, 6) is 2.73. The molecule has 0 saturated heterocycles. The van der Waals surface area contributed by atoms with Gasteiger partial charge in [-0.1, -0.05) is 30.7 Å². The third-order valence-electron chi connectivity index (χ3n) is 5.61. The van der Waals surface area contributed by atoms with Crippen molar-refractivity contribution in [2.45, 2.75) is 20.3 Å². The van der Waals surface area contributed by atoms with Gasteiger partial charge in [0, 0.05) is 31.4 Å². The fourth-order valence-corrected chi connectivity index (χ4v) is 4.07. The van der Waals surface area contributed by atoms with Gasteiger partial charge in [0.15, 0.2) is 17.3 Å². The predicted molar refractivity (Wildman–Crippen MR) is 133 cm³/mol. The molecule has 1 N–H and O–H groups in total. The van der Waals surface area contributed by atoms with Gasteiger partial charge in [-0.05, 0) is 31.2 Å². The molecule has 0 atom stereocenters. The minimum atomic E-state index is -0.361. The van der Waals surface area contributed by atoms with Crippen molar-refractivity contribution in [2.75, 3.05) is 24.1 Å². The van der Waals surface area contributed by atoms with Crippen LogP contribution in [-0.2, 0) is 6.42 Å². The maximum Gasteiger partial charge on any atom is 0.257 e. The number of hydrogen-bond donors (Lipinski definition) is 1. The van der Waals surface area contributed by atoms with Crippen molar-refractivity contribution in [1.82, 2.24) is 19.5 Å². The van der Waals surface area contributed by atoms with Gasteiger partial charge >= 0.3 is 0 Å². The predicted octanol–water partition coefficient (Wildman–Crippen LogP) is 4.94. The normalized spacial score (nSPS) is 12.0. The molecule has 9 nitrogen and oxygen atoms in total. The first-order chi connectivity index (χ1) is 16.9. The van der Waals surface area contributed by atoms with Gasteiger partial charge in [0.05, 0.1) is 22.5 Å². The first-order valence-corrected chi connectivity index (χ1v) is 11.4. The average molecular weight is 491 g/mol. The van der Waals surface area contributed by atoms with Crippen molar-refractivity contribution in [3.05, 3.63) is 77.0 Å². The highest BCUT2D eigenvalue weighted by atomic mass is 35.5. The summed E-state index contributed by atoms with van der Waals surface area (Å²) < 4.78 is 12.8. The molecule has 0 unspecified atom stereocenters. The second-order valence-corrected chi connectivity index (χ2v) is 8.37. The molecule has 4 aromatic rings. The van der Waals surface area contributed by atoms with Crippen molar-refractivity contribution in [3.8, 4) is 17.4 Å². The Kier molecular flexibility index (Phi) is 6.00. The zero-order chi connectivity index (χ0) is 24.5. The minimum Gasteiger partial charge on any atom is -0.454 e. The summed E-state index contributed by atoms with van der Waals surface area (Å²) >= 11 is 6.24. The quantitative estimate of drug-likeness (QED) is 0.409. The van der Waals surface area contributed by atoms with Crippen LogP contribution < -0.4 is 19.7 Å². The zero-order valence-electron chi connectivity index (χ0n) is 19.4. The molecule has 0 fully saturated rings. The summed E-state index contributed by atoms with van der Waals surface area (Å²) in [7, 11) is 1.86. The van der Waals surface area contributed by atoms with Crippen LogP contribution in [0.1, 0.15) is 28.8 Å². The number of halogens is 1. The third-order valence-corrected chi connectivity index (χ3v) is 5.94. The minimum absolute atomic E-state index is 0.180. The molecule has 0 spiro atoms. The molecule has 1 aliphatic rings. The van der Waals surface area contributed by atoms with E-state index in [1.807, 2.05) is 54.8 Å². The van der Waals surface area contributed by atoms with Gasteiger partial charge in [-0.2, -0.15) is 4.98 Å². The SMILES string of the molecule is CCc1nc(C)cn1-c1ncc(NC(=O)c2ccccc2Cl)c(N(C)c2ccc3c(c2)OCO3)n1. The highest BCUT2D eigenvalue weighted by Gasteiger charge is 2.21. The second kappa shape index (κ2) is 9.27. The Morgan fingerprint density at radius 3 is 2.77 bits per heavy atom. The monoisotopic (exact) mass is 490 g/mol. The molecule has 0 radical (unpaired) electrons. The number of nitrogens with one attached hydrogen (secondary N) is 1. The number of hydrogen-bond acceptors (Lipinski definition) is 7. The molecule has 1 aliphatic heterocycles. The van der Waals surface area contributed by atoms with E-state index in [0.29, 0.717) is 39.5 Å². The number of fused-ring (bicyclic) bond motifs is 1. The van der Waals surface area contributed by atoms with E-state index in [9.17, 15) is 4.79 Å². The molecule has 0 aliphatic carbocycles. The van der Waals surface area contributed by atoms with E-state index in [1.165, 1.54) is 0 Å². The number of rotatable bonds is 6. The number of carbonyl (C=O) groups excluding carboxylic acids is 1. The molecule has 35 heavy (non-hydrogen) atoms. The molecule has 178 valence electrons. The number of ether oxygens (including phenoxy) is 2. The summed E-state index contributed by atoms with van der Waals surface area (Å²) in [6.07, 6.45) is 4.20. The van der Waals surface area contributed by atoms with Crippen LogP contribution in [0.5, 0.6) is 11.5 Å². The number of imidazole rings is 1. The average Bonchev–Trinajstić information content (AvgIpc) is 3.49. The number of benzene rings is 2. The molecule has 10 heteroatoms. The Labute approximate surface area is 207 Å². The topological polar surface area (TPSA) is 94.4 Å². The number of aromatic nitrogens is 4. The van der Waals surface area contributed by atoms with Crippen LogP contribution >= 0.6 is 11.6 Å². The first-order valence-electron chi connectivity index (χ1n) is 11.1. The molecular formula is C25H23ClN6O3. The zero-order valence-corrected chi connectivity index (χ0v) is 20.2. The summed E-state index contributed by atoms with van der Waals surface area (Å²) in [6.45, 7) is 4.13. The first kappa shape index (κ1) is 22.7. The van der Waals surface area contributed by atoms with Gasteiger partial charge in [0.1, 0.15) is 11.5 Å². The van der Waals surface area contributed by atoms with E-state index in [2.05, 4.69) is 15.3 Å². The van der Waals surface area contributed by atoms with Crippen molar-refractivity contribution < 1.29 is 14.3 Å². The van der Waals surface area contributed by atoms with E-state index in [-0.39, 0.29) is 12.7 Å². The van der Waals surface area contributed by atoms with Crippen LogP contribution in [0.4, 0.5) is 17.2 Å². The maximum absolute atomic E-state index is 13.0. The fraction of sp³-hybridized carbons (Fsp3) is 0.200. The van der Waals surface area contributed by atoms with Crippen molar-refractivity contribution in [1.29, 1.82) is 0 Å². The maximum atomic E-state index is 13.0. The van der Waals surface area contributed by atoms with Gasteiger partial charge in [-0.25, -0.2) is 9.97 Å². The number of amides is 1. The third kappa shape index (κ3) is 4.38. The van der Waals surface area contributed by atoms with Crippen molar-refractivity contribution >= 4 is 34.7 Å². The molecule has 1 amide bonds. The van der Waals surface area contributed by atoms with Gasteiger partial charge in [-0.15, -0.1) is 0 Å². The van der Waals surface area contributed by atoms with Crippen LogP contribution in [0, 0.1) is 6.92 Å². The summed E-state index contributed by atoms with van der Waals surface area (Å²) in [5.41, 5.74) is 2.44. The standard InChI is InChI=1S/C25H23ClN6O3/c1-4-22-28-15(2)13-32(22)25-27-12-19(29-24(33)17-7-5-6-8-18(17)26)23(30-25)31(3)16-9-10-20-21(11-16)35-14-34-20/h5-13H,4,14H2,1-3H3,(H,29,33). The smallest absolute Gasteiger partial charge is 0.257 e. The van der Waals surface area contributed by atoms with E-state index in [1.54, 1.807) is 30.5 Å². The number of anilines is 3. The fourth-order valence-electron chi connectivity index (χ4n) is 3.85. The lowest BCUT2D eigenvalue weighted by molar-refractivity contribution is 0.102. The molecule has 2 aromatic carbocycles. The number of nitrogens with zero attached hydrogens (tertiary/aromatic N) is 5. The Morgan fingerprint density at radius 2 is 1.97 bits per heavy atom. The summed E-state index contributed by atoms with van der Waals surface area (Å²) in [6, 6.07) is 12.5. The van der Waals surface area contributed by atoms with Crippen LogP contribution in [0.15, 0.2) is 54.9 Å². The lowest BCUT2D eigenvalue weighted by Crippen LogP contribution is -2.20. The Bertz CT molecular complexity index is 1420. The summed E-state index contributed by atoms with van der Waals surface area (Å²) in [4.78, 5) is 28.8. The van der Waals surface area contributed by atoms with E-state index in [0.717, 1.165) is 23.6 Å². The second-order valence-electron chi connectivity index (χ2n) is 7.96. The van der Waals surface area contributed by atoms with E-state index >= 15 is 0 Å². The molecule has 2 aromatic heterocycles. The largest absolute Gasteiger partial charge is 0.454 e. The molecule has 0 bridgehead atoms. The summed E-state index contributed by atoms with van der Waals surface area (Å²) in [5, 5.41) is 3.27. The lowest BCUT2D eigenvalue weighted by atomic mass is 10.2. The van der Waals surface area contributed by atoms with E-state index < -0.39 is 0 Å². The van der Waals surface area contributed by atoms with E-state index in [4.69, 9.17) is 26.1 Å².